The van der Waals surface area contributed by atoms with Crippen molar-refractivity contribution in [2.24, 2.45) is 7.05 Å². The van der Waals surface area contributed by atoms with Gasteiger partial charge in [0.15, 0.2) is 0 Å². The molecule has 3 aromatic rings. The topological polar surface area (TPSA) is 71.8 Å². The molecule has 0 fully saturated rings. The van der Waals surface area contributed by atoms with Gasteiger partial charge in [0.25, 0.3) is 5.56 Å². The van der Waals surface area contributed by atoms with Crippen LogP contribution in [-0.4, -0.2) is 60.2 Å². The second-order valence-electron chi connectivity index (χ2n) is 7.62. The van der Waals surface area contributed by atoms with Gasteiger partial charge < -0.3 is 19.3 Å². The van der Waals surface area contributed by atoms with E-state index in [1.165, 1.54) is 0 Å². The molecule has 0 radical (unpaired) electrons. The Hall–Kier alpha value is -2.98. The maximum absolute atomic E-state index is 13.0. The first kappa shape index (κ1) is 27.3. The third kappa shape index (κ3) is 7.01. The van der Waals surface area contributed by atoms with E-state index in [2.05, 4.69) is 31.1 Å². The molecule has 0 aliphatic rings. The van der Waals surface area contributed by atoms with Crippen LogP contribution in [0.15, 0.2) is 53.3 Å². The monoisotopic (exact) mass is 496 g/mol. The molecule has 10 heteroatoms. The largest absolute Gasteiger partial charge is 0.497 e. The highest BCUT2D eigenvalue weighted by Crippen LogP contribution is 2.34. The zero-order valence-electron chi connectivity index (χ0n) is 19.3. The number of pyridine rings is 1. The van der Waals surface area contributed by atoms with Gasteiger partial charge in [0.1, 0.15) is 5.75 Å². The van der Waals surface area contributed by atoms with Crippen molar-refractivity contribution in [3.8, 4) is 16.9 Å². The molecule has 1 heterocycles. The summed E-state index contributed by atoms with van der Waals surface area (Å²) in [6, 6.07) is 16.0. The molecule has 6 nitrogen and oxygen atoms in total. The molecule has 0 bridgehead atoms. The molecular formula is C24H27F3N2O4S. The minimum Gasteiger partial charge on any atom is -0.497 e. The number of hydrogen-bond acceptors (Lipinski definition) is 5. The first-order valence-electron chi connectivity index (χ1n) is 10.2. The van der Waals surface area contributed by atoms with E-state index in [0.717, 1.165) is 51.4 Å². The molecule has 0 spiro atoms. The number of methoxy groups -OCH3 is 1. The fourth-order valence-corrected chi connectivity index (χ4v) is 4.35. The van der Waals surface area contributed by atoms with Crippen LogP contribution in [0, 0.1) is 0 Å². The number of rotatable bonds is 7. The maximum Gasteiger partial charge on any atom is 0.490 e. The van der Waals surface area contributed by atoms with Gasteiger partial charge >= 0.3 is 12.1 Å². The average molecular weight is 497 g/mol. The molecule has 0 amide bonds. The van der Waals surface area contributed by atoms with Crippen LogP contribution in [0.3, 0.4) is 0 Å². The van der Waals surface area contributed by atoms with E-state index in [1.807, 2.05) is 55.2 Å². The Kier molecular flexibility index (Phi) is 9.57. The van der Waals surface area contributed by atoms with Crippen LogP contribution in [0.25, 0.3) is 21.9 Å². The van der Waals surface area contributed by atoms with E-state index in [4.69, 9.17) is 14.6 Å². The van der Waals surface area contributed by atoms with E-state index in [9.17, 15) is 18.0 Å². The Labute approximate surface area is 200 Å². The Morgan fingerprint density at radius 2 is 1.74 bits per heavy atom. The van der Waals surface area contributed by atoms with Crippen molar-refractivity contribution in [1.82, 2.24) is 9.47 Å². The summed E-state index contributed by atoms with van der Waals surface area (Å²) in [7, 11) is 7.69. The SMILES string of the molecule is COc1ccc2c(=O)n(C)c(CSCCN(C)C)c(-c3ccccc3)c2c1.O=C(O)C(F)(F)F. The van der Waals surface area contributed by atoms with Crippen LogP contribution in [0.5, 0.6) is 5.75 Å². The number of benzene rings is 2. The number of thioether (sulfide) groups is 1. The van der Waals surface area contributed by atoms with E-state index >= 15 is 0 Å². The number of carboxylic acid groups (broad SMARTS) is 1. The minimum absolute atomic E-state index is 0.0375. The molecule has 0 saturated carbocycles. The number of nitrogens with zero attached hydrogens (tertiary/aromatic N) is 2. The van der Waals surface area contributed by atoms with Crippen molar-refractivity contribution in [3.05, 3.63) is 64.6 Å². The molecular weight excluding hydrogens is 469 g/mol. The molecule has 34 heavy (non-hydrogen) atoms. The van der Waals surface area contributed by atoms with Crippen molar-refractivity contribution in [3.63, 3.8) is 0 Å². The van der Waals surface area contributed by atoms with Gasteiger partial charge in [-0.2, -0.15) is 24.9 Å². The summed E-state index contributed by atoms with van der Waals surface area (Å²) in [6.45, 7) is 1.01. The molecule has 0 saturated heterocycles. The highest BCUT2D eigenvalue weighted by atomic mass is 32.2. The predicted octanol–water partition coefficient (Wildman–Crippen LogP) is 4.64. The van der Waals surface area contributed by atoms with Crippen LogP contribution in [-0.2, 0) is 17.6 Å². The zero-order valence-corrected chi connectivity index (χ0v) is 20.2. The number of halogens is 3. The third-order valence-corrected chi connectivity index (χ3v) is 5.90. The molecule has 184 valence electrons. The number of carbonyl (C=O) groups is 1. The second-order valence-corrected chi connectivity index (χ2v) is 8.73. The fraction of sp³-hybridized carbons (Fsp3) is 0.333. The Morgan fingerprint density at radius 3 is 2.26 bits per heavy atom. The first-order chi connectivity index (χ1) is 16.0. The highest BCUT2D eigenvalue weighted by molar-refractivity contribution is 7.98. The predicted molar refractivity (Wildman–Crippen MR) is 130 cm³/mol. The number of alkyl halides is 3. The summed E-state index contributed by atoms with van der Waals surface area (Å²) in [5, 5.41) is 8.80. The van der Waals surface area contributed by atoms with Gasteiger partial charge in [-0.15, -0.1) is 0 Å². The normalized spacial score (nSPS) is 11.3. The standard InChI is InChI=1S/C22H26N2O2S.C2HF3O2/c1-23(2)12-13-27-15-20-21(16-8-6-5-7-9-16)19-14-17(26-4)10-11-18(19)22(25)24(20)3;3-2(4,5)1(6)7/h5-11,14H,12-13,15H2,1-4H3;(H,6,7). The lowest BCUT2D eigenvalue weighted by Crippen LogP contribution is -2.22. The number of hydrogen-bond donors (Lipinski definition) is 1. The lowest BCUT2D eigenvalue weighted by Gasteiger charge is -2.18. The second kappa shape index (κ2) is 11.9. The smallest absolute Gasteiger partial charge is 0.490 e. The molecule has 1 N–H and O–H groups in total. The first-order valence-corrected chi connectivity index (χ1v) is 11.4. The Morgan fingerprint density at radius 1 is 1.12 bits per heavy atom. The summed E-state index contributed by atoms with van der Waals surface area (Å²) in [5.74, 6) is -0.186. The summed E-state index contributed by atoms with van der Waals surface area (Å²) in [6.07, 6.45) is -5.08. The van der Waals surface area contributed by atoms with E-state index < -0.39 is 12.1 Å². The zero-order chi connectivity index (χ0) is 25.5. The molecule has 0 aliphatic heterocycles. The van der Waals surface area contributed by atoms with Crippen LogP contribution in [0.4, 0.5) is 13.2 Å². The lowest BCUT2D eigenvalue weighted by atomic mass is 9.97. The summed E-state index contributed by atoms with van der Waals surface area (Å²) in [5.41, 5.74) is 3.32. The summed E-state index contributed by atoms with van der Waals surface area (Å²) in [4.78, 5) is 24.0. The molecule has 0 unspecified atom stereocenters. The van der Waals surface area contributed by atoms with Gasteiger partial charge in [-0.1, -0.05) is 30.3 Å². The molecule has 0 atom stereocenters. The summed E-state index contributed by atoms with van der Waals surface area (Å²) >= 11 is 1.85. The fourth-order valence-electron chi connectivity index (χ4n) is 3.18. The minimum atomic E-state index is -5.08. The van der Waals surface area contributed by atoms with Gasteiger partial charge in [0, 0.05) is 47.1 Å². The van der Waals surface area contributed by atoms with Crippen molar-refractivity contribution >= 4 is 28.5 Å². The quantitative estimate of drug-likeness (QED) is 0.481. The number of carboxylic acids is 1. The third-order valence-electron chi connectivity index (χ3n) is 4.95. The molecule has 0 aliphatic carbocycles. The van der Waals surface area contributed by atoms with Crippen molar-refractivity contribution in [1.29, 1.82) is 0 Å². The van der Waals surface area contributed by atoms with Crippen molar-refractivity contribution in [2.45, 2.75) is 11.9 Å². The van der Waals surface area contributed by atoms with Crippen LogP contribution in [0.1, 0.15) is 5.69 Å². The molecule has 2 aromatic carbocycles. The van der Waals surface area contributed by atoms with Gasteiger partial charge in [-0.3, -0.25) is 4.79 Å². The Balaban J connectivity index is 0.000000509. The van der Waals surface area contributed by atoms with Crippen LogP contribution in [0.2, 0.25) is 0 Å². The molecule has 3 rings (SSSR count). The average Bonchev–Trinajstić information content (AvgIpc) is 2.79. The van der Waals surface area contributed by atoms with Crippen molar-refractivity contribution < 1.29 is 27.8 Å². The van der Waals surface area contributed by atoms with Crippen LogP contribution < -0.4 is 10.3 Å². The number of ether oxygens (including phenoxy) is 1. The van der Waals surface area contributed by atoms with Gasteiger partial charge in [0.05, 0.1) is 7.11 Å². The van der Waals surface area contributed by atoms with Gasteiger partial charge in [-0.25, -0.2) is 4.79 Å². The maximum atomic E-state index is 13.0. The number of aromatic nitrogens is 1. The van der Waals surface area contributed by atoms with E-state index in [-0.39, 0.29) is 5.56 Å². The van der Waals surface area contributed by atoms with E-state index in [1.54, 1.807) is 11.7 Å². The summed E-state index contributed by atoms with van der Waals surface area (Å²) < 4.78 is 39.0. The van der Waals surface area contributed by atoms with Crippen molar-refractivity contribution in [2.75, 3.05) is 33.5 Å². The molecule has 1 aromatic heterocycles. The van der Waals surface area contributed by atoms with E-state index in [0.29, 0.717) is 0 Å². The number of aliphatic carboxylic acids is 1. The van der Waals surface area contributed by atoms with Gasteiger partial charge in [0.2, 0.25) is 0 Å². The van der Waals surface area contributed by atoms with Crippen LogP contribution >= 0.6 is 11.8 Å². The lowest BCUT2D eigenvalue weighted by molar-refractivity contribution is -0.192. The van der Waals surface area contributed by atoms with Gasteiger partial charge in [-0.05, 0) is 37.9 Å². The highest BCUT2D eigenvalue weighted by Gasteiger charge is 2.38. The Bertz CT molecular complexity index is 1180. The number of fused-ring (bicyclic) bond motifs is 1.